The summed E-state index contributed by atoms with van der Waals surface area (Å²) in [5.41, 5.74) is -0.481. The van der Waals surface area contributed by atoms with Crippen LogP contribution in [0.25, 0.3) is 11.4 Å². The van der Waals surface area contributed by atoms with Crippen molar-refractivity contribution >= 4 is 18.3 Å². The van der Waals surface area contributed by atoms with Gasteiger partial charge in [-0.3, -0.25) is 4.79 Å². The first-order chi connectivity index (χ1) is 9.32. The number of alkyl halides is 3. The quantitative estimate of drug-likeness (QED) is 0.798. The number of halogens is 4. The Morgan fingerprint density at radius 2 is 2.05 bits per heavy atom. The Balaban J connectivity index is 2.41. The summed E-state index contributed by atoms with van der Waals surface area (Å²) in [4.78, 5) is 14.1. The van der Waals surface area contributed by atoms with Gasteiger partial charge in [0.2, 0.25) is 5.82 Å². The molecule has 104 valence electrons. The minimum Gasteiger partial charge on any atom is -0.329 e. The molecule has 0 spiro atoms. The Kier molecular flexibility index (Phi) is 3.57. The molecule has 1 aromatic carbocycles. The lowest BCUT2D eigenvalue weighted by atomic mass is 10.1. The van der Waals surface area contributed by atoms with Crippen molar-refractivity contribution in [2.24, 2.45) is 4.36 Å². The Labute approximate surface area is 113 Å². The minimum absolute atomic E-state index is 0.138. The van der Waals surface area contributed by atoms with Crippen LogP contribution >= 0.6 is 0 Å². The summed E-state index contributed by atoms with van der Waals surface area (Å²) in [6.07, 6.45) is -4.82. The summed E-state index contributed by atoms with van der Waals surface area (Å²) >= 11 is 4.16. The van der Waals surface area contributed by atoms with Crippen LogP contribution in [-0.4, -0.2) is 16.0 Å². The fourth-order valence-electron chi connectivity index (χ4n) is 1.33. The molecule has 20 heavy (non-hydrogen) atoms. The van der Waals surface area contributed by atoms with Gasteiger partial charge < -0.3 is 4.52 Å². The van der Waals surface area contributed by atoms with E-state index in [1.807, 2.05) is 0 Å². The second kappa shape index (κ2) is 5.04. The second-order valence-electron chi connectivity index (χ2n) is 3.51. The highest BCUT2D eigenvalue weighted by Crippen LogP contribution is 2.30. The van der Waals surface area contributed by atoms with Gasteiger partial charge in [0.1, 0.15) is 5.82 Å². The third kappa shape index (κ3) is 2.69. The van der Waals surface area contributed by atoms with Crippen molar-refractivity contribution < 1.29 is 26.9 Å². The summed E-state index contributed by atoms with van der Waals surface area (Å²) in [6, 6.07) is 2.95. The number of carbonyl (C=O) groups is 1. The molecule has 0 aliphatic rings. The highest BCUT2D eigenvalue weighted by Gasteiger charge is 2.38. The summed E-state index contributed by atoms with van der Waals surface area (Å²) < 4.78 is 57.4. The van der Waals surface area contributed by atoms with E-state index in [2.05, 4.69) is 31.5 Å². The van der Waals surface area contributed by atoms with E-state index in [-0.39, 0.29) is 11.1 Å². The van der Waals surface area contributed by atoms with Gasteiger partial charge in [0.15, 0.2) is 0 Å². The molecule has 1 amide bonds. The van der Waals surface area contributed by atoms with Crippen molar-refractivity contribution in [3.05, 3.63) is 35.5 Å². The zero-order valence-corrected chi connectivity index (χ0v) is 10.1. The third-order valence-electron chi connectivity index (χ3n) is 2.21. The SMILES string of the molecule is O=C(N=S)c1ccc(-c2noc(C(F)(F)F)n2)c(F)c1. The van der Waals surface area contributed by atoms with Crippen LogP contribution in [0.2, 0.25) is 0 Å². The first-order valence-corrected chi connectivity index (χ1v) is 5.28. The number of hydrogen-bond donors (Lipinski definition) is 0. The molecule has 1 heterocycles. The van der Waals surface area contributed by atoms with Crippen LogP contribution in [0.1, 0.15) is 16.2 Å². The summed E-state index contributed by atoms with van der Waals surface area (Å²) in [7, 11) is 0. The van der Waals surface area contributed by atoms with Gasteiger partial charge in [0, 0.05) is 18.0 Å². The number of amides is 1. The number of nitrogens with zero attached hydrogens (tertiary/aromatic N) is 3. The molecule has 2 rings (SSSR count). The maximum atomic E-state index is 13.7. The van der Waals surface area contributed by atoms with E-state index in [0.29, 0.717) is 0 Å². The van der Waals surface area contributed by atoms with E-state index in [0.717, 1.165) is 18.2 Å². The van der Waals surface area contributed by atoms with Gasteiger partial charge in [-0.05, 0) is 18.2 Å². The Morgan fingerprint density at radius 1 is 1.35 bits per heavy atom. The molecule has 0 atom stereocenters. The number of aromatic nitrogens is 2. The second-order valence-corrected chi connectivity index (χ2v) is 3.69. The monoisotopic (exact) mass is 305 g/mol. The number of hydrogen-bond acceptors (Lipinski definition) is 5. The van der Waals surface area contributed by atoms with E-state index in [1.54, 1.807) is 0 Å². The lowest BCUT2D eigenvalue weighted by Gasteiger charge is -1.99. The first-order valence-electron chi connectivity index (χ1n) is 4.91. The Hall–Kier alpha value is -2.23. The van der Waals surface area contributed by atoms with Crippen LogP contribution in [0.5, 0.6) is 0 Å². The molecule has 0 bridgehead atoms. The molecule has 0 saturated carbocycles. The maximum absolute atomic E-state index is 13.7. The van der Waals surface area contributed by atoms with E-state index in [4.69, 9.17) is 0 Å². The van der Waals surface area contributed by atoms with Crippen molar-refractivity contribution in [1.29, 1.82) is 0 Å². The summed E-state index contributed by atoms with van der Waals surface area (Å²) in [6.45, 7) is 0. The van der Waals surface area contributed by atoms with Gasteiger partial charge in [-0.15, -0.1) is 4.36 Å². The zero-order chi connectivity index (χ0) is 14.9. The average molecular weight is 305 g/mol. The molecular formula is C10H3F4N3O2S. The average Bonchev–Trinajstić information content (AvgIpc) is 2.87. The van der Waals surface area contributed by atoms with Gasteiger partial charge in [-0.2, -0.15) is 18.2 Å². The molecular weight excluding hydrogens is 302 g/mol. The molecule has 0 N–H and O–H groups in total. The summed E-state index contributed by atoms with van der Waals surface area (Å²) in [5.74, 6) is -4.00. The Bertz CT molecular complexity index is 683. The van der Waals surface area contributed by atoms with E-state index in [1.165, 1.54) is 0 Å². The van der Waals surface area contributed by atoms with E-state index >= 15 is 0 Å². The first kappa shape index (κ1) is 14.2. The molecule has 0 radical (unpaired) electrons. The normalized spacial score (nSPS) is 11.4. The summed E-state index contributed by atoms with van der Waals surface area (Å²) in [5, 5.41) is 3.03. The predicted octanol–water partition coefficient (Wildman–Crippen LogP) is 2.77. The Morgan fingerprint density at radius 3 is 2.55 bits per heavy atom. The fourth-order valence-corrected chi connectivity index (χ4v) is 1.44. The van der Waals surface area contributed by atoms with Gasteiger partial charge >= 0.3 is 12.1 Å². The van der Waals surface area contributed by atoms with Crippen LogP contribution in [0.3, 0.4) is 0 Å². The third-order valence-corrected chi connectivity index (χ3v) is 2.37. The van der Waals surface area contributed by atoms with Crippen LogP contribution in [0, 0.1) is 5.82 Å². The molecule has 0 aliphatic heterocycles. The van der Waals surface area contributed by atoms with Gasteiger partial charge in [-0.25, -0.2) is 4.39 Å². The molecule has 0 saturated heterocycles. The molecule has 0 unspecified atom stereocenters. The van der Waals surface area contributed by atoms with Gasteiger partial charge in [0.05, 0.1) is 5.56 Å². The van der Waals surface area contributed by atoms with Gasteiger partial charge in [-0.1, -0.05) is 5.16 Å². The van der Waals surface area contributed by atoms with E-state index < -0.39 is 29.6 Å². The number of rotatable bonds is 2. The van der Waals surface area contributed by atoms with Gasteiger partial charge in [0.25, 0.3) is 5.91 Å². The standard InChI is InChI=1S/C10H3F4N3O2S/c11-6-3-4(8(18)17-20)1-2-5(6)7-15-9(19-16-7)10(12,13)14/h1-3H. The van der Waals surface area contributed by atoms with Crippen LogP contribution in [0.15, 0.2) is 27.1 Å². The topological polar surface area (TPSA) is 68.3 Å². The predicted molar refractivity (Wildman–Crippen MR) is 58.8 cm³/mol. The van der Waals surface area contributed by atoms with E-state index in [9.17, 15) is 22.4 Å². The maximum Gasteiger partial charge on any atom is 0.471 e. The van der Waals surface area contributed by atoms with Crippen molar-refractivity contribution in [2.75, 3.05) is 0 Å². The molecule has 1 aromatic heterocycles. The molecule has 10 heteroatoms. The lowest BCUT2D eigenvalue weighted by molar-refractivity contribution is -0.159. The highest BCUT2D eigenvalue weighted by atomic mass is 32.1. The van der Waals surface area contributed by atoms with Crippen LogP contribution < -0.4 is 0 Å². The molecule has 0 aliphatic carbocycles. The lowest BCUT2D eigenvalue weighted by Crippen LogP contribution is -2.05. The number of benzene rings is 1. The highest BCUT2D eigenvalue weighted by molar-refractivity contribution is 7.47. The van der Waals surface area contributed by atoms with Crippen molar-refractivity contribution in [3.63, 3.8) is 0 Å². The van der Waals surface area contributed by atoms with Crippen LogP contribution in [0.4, 0.5) is 17.6 Å². The largest absolute Gasteiger partial charge is 0.471 e. The van der Waals surface area contributed by atoms with Crippen molar-refractivity contribution in [3.8, 4) is 11.4 Å². The van der Waals surface area contributed by atoms with Crippen LogP contribution in [-0.2, 0) is 18.6 Å². The number of carbonyl (C=O) groups excluding carboxylic acids is 1. The molecule has 2 aromatic rings. The molecule has 0 fully saturated rings. The minimum atomic E-state index is -4.82. The zero-order valence-electron chi connectivity index (χ0n) is 9.31. The fraction of sp³-hybridized carbons (Fsp3) is 0.100. The molecule has 5 nitrogen and oxygen atoms in total. The van der Waals surface area contributed by atoms with Crippen molar-refractivity contribution in [2.45, 2.75) is 6.18 Å². The van der Waals surface area contributed by atoms with Crippen molar-refractivity contribution in [1.82, 2.24) is 10.1 Å². The smallest absolute Gasteiger partial charge is 0.329 e.